The third-order valence-corrected chi connectivity index (χ3v) is 4.58. The molecule has 2 rings (SSSR count). The van der Waals surface area contributed by atoms with Gasteiger partial charge in [0.1, 0.15) is 0 Å². The maximum atomic E-state index is 5.91. The molecule has 1 heteroatoms. The Balaban J connectivity index is 2.32. The first-order valence-corrected chi connectivity index (χ1v) is 9.29. The maximum absolute atomic E-state index is 5.91. The van der Waals surface area contributed by atoms with E-state index in [0.29, 0.717) is 0 Å². The quantitative estimate of drug-likeness (QED) is 0.433. The van der Waals surface area contributed by atoms with Crippen molar-refractivity contribution in [3.8, 4) is 0 Å². The van der Waals surface area contributed by atoms with Crippen LogP contribution in [0.1, 0.15) is 43.0 Å². The van der Waals surface area contributed by atoms with Crippen molar-refractivity contribution in [2.45, 2.75) is 27.7 Å². The van der Waals surface area contributed by atoms with Gasteiger partial charge in [-0.25, -0.2) is 0 Å². The number of nitrogens with two attached hydrogens (primary N) is 1. The second-order valence-corrected chi connectivity index (χ2v) is 6.50. The van der Waals surface area contributed by atoms with Gasteiger partial charge < -0.3 is 5.73 Å². The van der Waals surface area contributed by atoms with Crippen LogP contribution in [-0.2, 0) is 0 Å². The Kier molecular flexibility index (Phi) is 7.19. The lowest BCUT2D eigenvalue weighted by Gasteiger charge is -2.12. The fourth-order valence-corrected chi connectivity index (χ4v) is 3.04. The van der Waals surface area contributed by atoms with Gasteiger partial charge in [0.25, 0.3) is 0 Å². The van der Waals surface area contributed by atoms with Crippen LogP contribution in [0.2, 0.25) is 0 Å². The fraction of sp³-hybridized carbons (Fsp3) is 0.154. The lowest BCUT2D eigenvalue weighted by atomic mass is 9.93. The average molecular weight is 356 g/mol. The van der Waals surface area contributed by atoms with E-state index >= 15 is 0 Å². The van der Waals surface area contributed by atoms with Crippen LogP contribution in [0.4, 0.5) is 5.69 Å². The van der Waals surface area contributed by atoms with E-state index in [1.165, 1.54) is 22.3 Å². The number of rotatable bonds is 6. The van der Waals surface area contributed by atoms with Crippen molar-refractivity contribution in [2.75, 3.05) is 5.73 Å². The highest BCUT2D eigenvalue weighted by molar-refractivity contribution is 5.82. The van der Waals surface area contributed by atoms with Crippen molar-refractivity contribution in [1.82, 2.24) is 0 Å². The normalized spacial score (nSPS) is 12.9. The van der Waals surface area contributed by atoms with Crippen LogP contribution in [0.5, 0.6) is 0 Å². The largest absolute Gasteiger partial charge is 0.399 e. The highest BCUT2D eigenvalue weighted by Crippen LogP contribution is 2.28. The molecule has 0 heterocycles. The van der Waals surface area contributed by atoms with Crippen molar-refractivity contribution in [1.29, 1.82) is 0 Å². The van der Waals surface area contributed by atoms with E-state index in [1.807, 2.05) is 31.2 Å². The molecule has 2 aromatic carbocycles. The Morgan fingerprint density at radius 3 is 2.22 bits per heavy atom. The molecule has 0 saturated carbocycles. The van der Waals surface area contributed by atoms with E-state index in [1.54, 1.807) is 0 Å². The Bertz CT molecular complexity index is 936. The minimum atomic E-state index is 0.754. The van der Waals surface area contributed by atoms with Crippen molar-refractivity contribution in [3.05, 3.63) is 113 Å². The lowest BCUT2D eigenvalue weighted by Crippen LogP contribution is -1.93. The summed E-state index contributed by atoms with van der Waals surface area (Å²) in [4.78, 5) is 0. The van der Waals surface area contributed by atoms with Crippen molar-refractivity contribution in [2.24, 2.45) is 0 Å². The second kappa shape index (κ2) is 9.59. The molecule has 0 radical (unpaired) electrons. The van der Waals surface area contributed by atoms with E-state index < -0.39 is 0 Å². The Hall–Kier alpha value is -3.06. The van der Waals surface area contributed by atoms with Gasteiger partial charge in [-0.05, 0) is 78.8 Å². The molecule has 0 spiro atoms. The molecular weight excluding hydrogens is 326 g/mol. The summed E-state index contributed by atoms with van der Waals surface area (Å²) in [6.45, 7) is 12.6. The maximum Gasteiger partial charge on any atom is 0.0320 e. The minimum absolute atomic E-state index is 0.754. The van der Waals surface area contributed by atoms with Crippen LogP contribution in [0.15, 0.2) is 91.1 Å². The number of allylic oxidation sites excluding steroid dienone is 8. The molecule has 2 N–H and O–H groups in total. The molecule has 0 unspecified atom stereocenters. The minimum Gasteiger partial charge on any atom is -0.399 e. The number of nitrogen functional groups attached to an aromatic ring is 1. The summed E-state index contributed by atoms with van der Waals surface area (Å²) >= 11 is 0. The van der Waals surface area contributed by atoms with Crippen molar-refractivity contribution in [3.63, 3.8) is 0 Å². The number of anilines is 1. The highest BCUT2D eigenvalue weighted by atomic mass is 14.5. The smallest absolute Gasteiger partial charge is 0.0320 e. The molecular formula is C26H29N. The van der Waals surface area contributed by atoms with E-state index in [4.69, 9.17) is 5.73 Å². The summed E-state index contributed by atoms with van der Waals surface area (Å²) in [5.41, 5.74) is 14.7. The standard InChI is InChI=1S/C26H29N/c1-6-10-21(7-2)13-14-22(8-3)26-16-15-24(17-19(26)4)20(5)23-11-9-12-25(27)18-23/h6-18H,5,27H2,1-4H3/b10-6-,14-13+,21-7+,22-8-. The van der Waals surface area contributed by atoms with Crippen LogP contribution >= 0.6 is 0 Å². The molecule has 0 aliphatic heterocycles. The van der Waals surface area contributed by atoms with E-state index in [9.17, 15) is 0 Å². The van der Waals surface area contributed by atoms with Gasteiger partial charge in [-0.2, -0.15) is 0 Å². The molecule has 0 aliphatic rings. The Morgan fingerprint density at radius 2 is 1.63 bits per heavy atom. The first-order valence-electron chi connectivity index (χ1n) is 9.29. The van der Waals surface area contributed by atoms with Crippen LogP contribution < -0.4 is 5.73 Å². The molecule has 1 nitrogen and oxygen atoms in total. The predicted octanol–water partition coefficient (Wildman–Crippen LogP) is 7.12. The molecule has 0 atom stereocenters. The van der Waals surface area contributed by atoms with Crippen LogP contribution in [-0.4, -0.2) is 0 Å². The molecule has 0 amide bonds. The molecule has 27 heavy (non-hydrogen) atoms. The van der Waals surface area contributed by atoms with Gasteiger partial charge in [0.05, 0.1) is 0 Å². The van der Waals surface area contributed by atoms with Crippen molar-refractivity contribution < 1.29 is 0 Å². The lowest BCUT2D eigenvalue weighted by molar-refractivity contribution is 1.40. The molecule has 138 valence electrons. The zero-order valence-electron chi connectivity index (χ0n) is 16.8. The summed E-state index contributed by atoms with van der Waals surface area (Å²) < 4.78 is 0. The molecule has 0 aromatic heterocycles. The topological polar surface area (TPSA) is 26.0 Å². The second-order valence-electron chi connectivity index (χ2n) is 6.50. The molecule has 2 aromatic rings. The number of benzene rings is 2. The number of aryl methyl sites for hydroxylation is 1. The van der Waals surface area contributed by atoms with Gasteiger partial charge in [-0.3, -0.25) is 0 Å². The van der Waals surface area contributed by atoms with Crippen molar-refractivity contribution >= 4 is 16.8 Å². The summed E-state index contributed by atoms with van der Waals surface area (Å²) in [7, 11) is 0. The molecule has 0 aliphatic carbocycles. The van der Waals surface area contributed by atoms with Gasteiger partial charge >= 0.3 is 0 Å². The molecule has 0 saturated heterocycles. The number of hydrogen-bond donors (Lipinski definition) is 1. The first kappa shape index (κ1) is 20.3. The highest BCUT2D eigenvalue weighted by Gasteiger charge is 2.07. The van der Waals surface area contributed by atoms with Crippen LogP contribution in [0.25, 0.3) is 11.1 Å². The summed E-state index contributed by atoms with van der Waals surface area (Å²) in [5, 5.41) is 0. The van der Waals surface area contributed by atoms with Gasteiger partial charge in [-0.15, -0.1) is 0 Å². The Morgan fingerprint density at radius 1 is 0.889 bits per heavy atom. The Labute approximate surface area is 163 Å². The third-order valence-electron chi connectivity index (χ3n) is 4.58. The first-order chi connectivity index (χ1) is 13.0. The molecule has 0 fully saturated rings. The van der Waals surface area contributed by atoms with Gasteiger partial charge in [-0.1, -0.05) is 73.4 Å². The van der Waals surface area contributed by atoms with Crippen LogP contribution in [0.3, 0.4) is 0 Å². The van der Waals surface area contributed by atoms with Gasteiger partial charge in [0.2, 0.25) is 0 Å². The monoisotopic (exact) mass is 355 g/mol. The van der Waals surface area contributed by atoms with Gasteiger partial charge in [0, 0.05) is 5.69 Å². The zero-order chi connectivity index (χ0) is 19.8. The number of hydrogen-bond acceptors (Lipinski definition) is 1. The summed E-state index contributed by atoms with van der Waals surface area (Å²) in [6.07, 6.45) is 12.7. The fourth-order valence-electron chi connectivity index (χ4n) is 3.04. The predicted molar refractivity (Wildman–Crippen MR) is 122 cm³/mol. The van der Waals surface area contributed by atoms with Crippen LogP contribution in [0, 0.1) is 6.92 Å². The van der Waals surface area contributed by atoms with Gasteiger partial charge in [0.15, 0.2) is 0 Å². The summed E-state index contributed by atoms with van der Waals surface area (Å²) in [6, 6.07) is 14.4. The SMILES string of the molecule is C=C(c1cccc(N)c1)c1ccc(C(=C\C)/C=C/C(/C=C\C)=C/C)c(C)c1. The average Bonchev–Trinajstić information content (AvgIpc) is 2.67. The molecule has 0 bridgehead atoms. The third kappa shape index (κ3) is 5.21. The van der Waals surface area contributed by atoms with E-state index in [2.05, 4.69) is 82.0 Å². The van der Waals surface area contributed by atoms with E-state index in [-0.39, 0.29) is 0 Å². The zero-order valence-corrected chi connectivity index (χ0v) is 16.8. The summed E-state index contributed by atoms with van der Waals surface area (Å²) in [5.74, 6) is 0. The van der Waals surface area contributed by atoms with E-state index in [0.717, 1.165) is 22.4 Å².